The number of carbonyl (C=O) groups is 2. The van der Waals surface area contributed by atoms with E-state index in [9.17, 15) is 9.59 Å². The third-order valence-electron chi connectivity index (χ3n) is 4.81. The number of hydrogen-bond donors (Lipinski definition) is 2. The second kappa shape index (κ2) is 10.1. The van der Waals surface area contributed by atoms with Crippen LogP contribution in [0.25, 0.3) is 11.5 Å². The number of para-hydroxylation sites is 1. The van der Waals surface area contributed by atoms with Gasteiger partial charge in [0.15, 0.2) is 0 Å². The molecule has 0 atom stereocenters. The van der Waals surface area contributed by atoms with Crippen LogP contribution in [-0.4, -0.2) is 36.2 Å². The van der Waals surface area contributed by atoms with E-state index in [0.29, 0.717) is 22.1 Å². The predicted octanol–water partition coefficient (Wildman–Crippen LogP) is 4.91. The van der Waals surface area contributed by atoms with Crippen molar-refractivity contribution in [3.8, 4) is 23.0 Å². The number of halogens is 1. The van der Waals surface area contributed by atoms with E-state index in [2.05, 4.69) is 20.8 Å². The second-order valence-electron chi connectivity index (χ2n) is 6.94. The fourth-order valence-corrected chi connectivity index (χ4v) is 3.30. The lowest BCUT2D eigenvalue weighted by Gasteiger charge is -2.12. The number of anilines is 2. The highest BCUT2D eigenvalue weighted by atomic mass is 35.5. The molecule has 0 spiro atoms. The first-order valence-corrected chi connectivity index (χ1v) is 10.4. The normalized spacial score (nSPS) is 10.4. The van der Waals surface area contributed by atoms with Crippen molar-refractivity contribution in [2.45, 2.75) is 0 Å². The van der Waals surface area contributed by atoms with Crippen LogP contribution < -0.4 is 20.1 Å². The molecular weight excluding hydrogens is 460 g/mol. The van der Waals surface area contributed by atoms with Crippen molar-refractivity contribution < 1.29 is 23.5 Å². The summed E-state index contributed by atoms with van der Waals surface area (Å²) in [6, 6.07) is 18.1. The summed E-state index contributed by atoms with van der Waals surface area (Å²) in [4.78, 5) is 25.8. The molecule has 172 valence electrons. The Morgan fingerprint density at radius 2 is 1.59 bits per heavy atom. The van der Waals surface area contributed by atoms with Gasteiger partial charge in [-0.1, -0.05) is 28.8 Å². The number of nitrogens with zero attached hydrogens (tertiary/aromatic N) is 2. The quantitative estimate of drug-likeness (QED) is 0.387. The van der Waals surface area contributed by atoms with Crippen molar-refractivity contribution in [3.05, 3.63) is 82.9 Å². The van der Waals surface area contributed by atoms with Gasteiger partial charge < -0.3 is 19.2 Å². The number of benzene rings is 3. The van der Waals surface area contributed by atoms with Crippen LogP contribution >= 0.6 is 11.6 Å². The number of methoxy groups -OCH3 is 2. The molecule has 0 saturated heterocycles. The van der Waals surface area contributed by atoms with Gasteiger partial charge in [0.25, 0.3) is 11.8 Å². The monoisotopic (exact) mass is 478 g/mol. The van der Waals surface area contributed by atoms with Crippen LogP contribution in [0.3, 0.4) is 0 Å². The van der Waals surface area contributed by atoms with Crippen LogP contribution in [0.5, 0.6) is 11.5 Å². The van der Waals surface area contributed by atoms with Crippen molar-refractivity contribution in [1.29, 1.82) is 0 Å². The fourth-order valence-electron chi connectivity index (χ4n) is 3.13. The van der Waals surface area contributed by atoms with Crippen LogP contribution in [0.4, 0.5) is 11.7 Å². The first-order valence-electron chi connectivity index (χ1n) is 10.0. The summed E-state index contributed by atoms with van der Waals surface area (Å²) >= 11 is 6.03. The number of amides is 2. The largest absolute Gasteiger partial charge is 0.497 e. The van der Waals surface area contributed by atoms with E-state index in [1.165, 1.54) is 13.2 Å². The molecule has 0 aliphatic carbocycles. The molecule has 9 nitrogen and oxygen atoms in total. The Labute approximate surface area is 199 Å². The average molecular weight is 479 g/mol. The van der Waals surface area contributed by atoms with Gasteiger partial charge in [0.05, 0.1) is 31.0 Å². The summed E-state index contributed by atoms with van der Waals surface area (Å²) in [7, 11) is 3.02. The molecule has 34 heavy (non-hydrogen) atoms. The highest BCUT2D eigenvalue weighted by molar-refractivity contribution is 6.31. The molecule has 2 N–H and O–H groups in total. The van der Waals surface area contributed by atoms with Crippen molar-refractivity contribution in [2.24, 2.45) is 0 Å². The van der Waals surface area contributed by atoms with Crippen LogP contribution in [-0.2, 0) is 0 Å². The zero-order valence-electron chi connectivity index (χ0n) is 18.2. The number of hydrogen-bond acceptors (Lipinski definition) is 7. The molecule has 3 aromatic carbocycles. The molecule has 0 aliphatic rings. The molecule has 1 aromatic heterocycles. The molecule has 0 saturated carbocycles. The lowest BCUT2D eigenvalue weighted by Crippen LogP contribution is -2.19. The van der Waals surface area contributed by atoms with Gasteiger partial charge in [0, 0.05) is 10.6 Å². The van der Waals surface area contributed by atoms with Gasteiger partial charge in [-0.15, -0.1) is 5.10 Å². The first-order chi connectivity index (χ1) is 16.5. The zero-order valence-corrected chi connectivity index (χ0v) is 18.9. The number of carbonyl (C=O) groups excluding carboxylic acids is 2. The topological polar surface area (TPSA) is 116 Å². The van der Waals surface area contributed by atoms with E-state index in [-0.39, 0.29) is 28.7 Å². The maximum atomic E-state index is 12.9. The highest BCUT2D eigenvalue weighted by Crippen LogP contribution is 2.26. The van der Waals surface area contributed by atoms with Crippen LogP contribution in [0.2, 0.25) is 5.02 Å². The maximum absolute atomic E-state index is 12.9. The van der Waals surface area contributed by atoms with E-state index in [4.69, 9.17) is 25.5 Å². The average Bonchev–Trinajstić information content (AvgIpc) is 3.32. The second-order valence-corrected chi connectivity index (χ2v) is 7.38. The molecule has 0 unspecified atom stereocenters. The number of ether oxygens (including phenoxy) is 2. The van der Waals surface area contributed by atoms with Crippen LogP contribution in [0.15, 0.2) is 71.1 Å². The molecule has 2 amide bonds. The lowest BCUT2D eigenvalue weighted by atomic mass is 10.1. The predicted molar refractivity (Wildman–Crippen MR) is 127 cm³/mol. The van der Waals surface area contributed by atoms with Crippen molar-refractivity contribution >= 4 is 35.1 Å². The van der Waals surface area contributed by atoms with Gasteiger partial charge in [-0.2, -0.15) is 0 Å². The Kier molecular flexibility index (Phi) is 6.74. The fraction of sp³-hybridized carbons (Fsp3) is 0.0833. The molecule has 0 radical (unpaired) electrons. The van der Waals surface area contributed by atoms with Crippen molar-refractivity contribution in [2.75, 3.05) is 24.9 Å². The highest BCUT2D eigenvalue weighted by Gasteiger charge is 2.19. The Bertz CT molecular complexity index is 1340. The van der Waals surface area contributed by atoms with E-state index >= 15 is 0 Å². The van der Waals surface area contributed by atoms with Gasteiger partial charge in [-0.25, -0.2) is 0 Å². The Morgan fingerprint density at radius 1 is 0.853 bits per heavy atom. The van der Waals surface area contributed by atoms with E-state index in [0.717, 1.165) is 0 Å². The number of aromatic nitrogens is 2. The van der Waals surface area contributed by atoms with Crippen LogP contribution in [0.1, 0.15) is 20.7 Å². The molecule has 0 bridgehead atoms. The van der Waals surface area contributed by atoms with Gasteiger partial charge in [0.2, 0.25) is 5.89 Å². The minimum Gasteiger partial charge on any atom is -0.497 e. The SMILES string of the molecule is COc1ccc(-c2nnc(NC(=O)c3ccccc3NC(=O)c3cc(Cl)ccc3OC)o2)cc1. The third kappa shape index (κ3) is 5.00. The number of nitrogens with one attached hydrogen (secondary N) is 2. The Balaban J connectivity index is 1.52. The molecule has 0 fully saturated rings. The molecule has 10 heteroatoms. The minimum absolute atomic E-state index is 0.0894. The lowest BCUT2D eigenvalue weighted by molar-refractivity contribution is 0.102. The van der Waals surface area contributed by atoms with Crippen molar-refractivity contribution in [3.63, 3.8) is 0 Å². The molecule has 4 rings (SSSR count). The van der Waals surface area contributed by atoms with E-state index < -0.39 is 11.8 Å². The third-order valence-corrected chi connectivity index (χ3v) is 5.04. The summed E-state index contributed by atoms with van der Waals surface area (Å²) < 4.78 is 15.9. The molecule has 0 aliphatic heterocycles. The standard InChI is InChI=1S/C24H19ClN4O5/c1-32-16-10-7-14(8-11-16)23-28-29-24(34-23)27-21(30)17-5-3-4-6-19(17)26-22(31)18-13-15(25)9-12-20(18)33-2/h3-13H,1-2H3,(H,26,31)(H,27,29,30). The minimum atomic E-state index is -0.543. The summed E-state index contributed by atoms with van der Waals surface area (Å²) in [5.41, 5.74) is 1.37. The Morgan fingerprint density at radius 3 is 2.32 bits per heavy atom. The zero-order chi connectivity index (χ0) is 24.1. The van der Waals surface area contributed by atoms with Gasteiger partial charge >= 0.3 is 6.01 Å². The van der Waals surface area contributed by atoms with Crippen LogP contribution in [0, 0.1) is 0 Å². The van der Waals surface area contributed by atoms with Crippen molar-refractivity contribution in [1.82, 2.24) is 10.2 Å². The number of rotatable bonds is 7. The summed E-state index contributed by atoms with van der Waals surface area (Å²) in [6.07, 6.45) is 0. The summed E-state index contributed by atoms with van der Waals surface area (Å²) in [6.45, 7) is 0. The summed E-state index contributed by atoms with van der Waals surface area (Å²) in [5, 5.41) is 13.5. The smallest absolute Gasteiger partial charge is 0.322 e. The first kappa shape index (κ1) is 22.8. The van der Waals surface area contributed by atoms with Gasteiger partial charge in [0.1, 0.15) is 11.5 Å². The van der Waals surface area contributed by atoms with Gasteiger partial charge in [-0.05, 0) is 54.6 Å². The molecular formula is C24H19ClN4O5. The van der Waals surface area contributed by atoms with E-state index in [1.807, 2.05) is 0 Å². The van der Waals surface area contributed by atoms with Gasteiger partial charge in [-0.3, -0.25) is 14.9 Å². The molecule has 1 heterocycles. The maximum Gasteiger partial charge on any atom is 0.322 e. The Hall–Kier alpha value is -4.37. The molecule has 4 aromatic rings. The van der Waals surface area contributed by atoms with E-state index in [1.54, 1.807) is 67.8 Å². The summed E-state index contributed by atoms with van der Waals surface area (Å²) in [5.74, 6) is 0.234.